The van der Waals surface area contributed by atoms with Crippen LogP contribution in [0.5, 0.6) is 0 Å². The molecule has 0 amide bonds. The lowest BCUT2D eigenvalue weighted by Gasteiger charge is -2.36. The number of halogens is 3. The number of anilines is 2. The third-order valence-corrected chi connectivity index (χ3v) is 2.74. The second-order valence-corrected chi connectivity index (χ2v) is 3.93. The van der Waals surface area contributed by atoms with Crippen LogP contribution in [0.2, 0.25) is 0 Å². The summed E-state index contributed by atoms with van der Waals surface area (Å²) >= 11 is 0. The van der Waals surface area contributed by atoms with Crippen molar-refractivity contribution in [3.63, 3.8) is 0 Å². The van der Waals surface area contributed by atoms with Crippen molar-refractivity contribution in [3.8, 4) is 0 Å². The molecule has 0 aromatic carbocycles. The molecule has 3 N–H and O–H groups in total. The van der Waals surface area contributed by atoms with Crippen LogP contribution in [-0.4, -0.2) is 36.8 Å². The molecule has 1 aromatic heterocycles. The zero-order chi connectivity index (χ0) is 14.5. The van der Waals surface area contributed by atoms with Gasteiger partial charge in [-0.1, -0.05) is 13.8 Å². The SMILES string of the molecule is CC.Nc1cnccc1N1CCNC(C(F)(F)F)C1. The molecule has 1 saturated heterocycles. The molecule has 2 heterocycles. The Morgan fingerprint density at radius 2 is 2.11 bits per heavy atom. The fourth-order valence-electron chi connectivity index (χ4n) is 1.88. The van der Waals surface area contributed by atoms with E-state index in [1.54, 1.807) is 11.0 Å². The summed E-state index contributed by atoms with van der Waals surface area (Å²) in [6, 6.07) is 0.123. The second kappa shape index (κ2) is 6.60. The van der Waals surface area contributed by atoms with Gasteiger partial charge in [-0.3, -0.25) is 4.98 Å². The largest absolute Gasteiger partial charge is 0.405 e. The Bertz CT molecular complexity index is 395. The molecule has 19 heavy (non-hydrogen) atoms. The molecule has 1 aliphatic heterocycles. The van der Waals surface area contributed by atoms with Gasteiger partial charge in [0.2, 0.25) is 0 Å². The van der Waals surface area contributed by atoms with Gasteiger partial charge in [-0.25, -0.2) is 0 Å². The van der Waals surface area contributed by atoms with E-state index in [0.717, 1.165) is 0 Å². The lowest BCUT2D eigenvalue weighted by Crippen LogP contribution is -2.57. The predicted molar refractivity (Wildman–Crippen MR) is 70.1 cm³/mol. The van der Waals surface area contributed by atoms with Crippen molar-refractivity contribution in [1.29, 1.82) is 0 Å². The first-order valence-corrected chi connectivity index (χ1v) is 6.23. The number of rotatable bonds is 1. The highest BCUT2D eigenvalue weighted by molar-refractivity contribution is 5.66. The summed E-state index contributed by atoms with van der Waals surface area (Å²) in [6.07, 6.45) is -1.27. The van der Waals surface area contributed by atoms with Crippen LogP contribution in [0.25, 0.3) is 0 Å². The van der Waals surface area contributed by atoms with Crippen LogP contribution in [0, 0.1) is 0 Å². The fourth-order valence-corrected chi connectivity index (χ4v) is 1.88. The molecule has 4 nitrogen and oxygen atoms in total. The van der Waals surface area contributed by atoms with Crippen molar-refractivity contribution in [3.05, 3.63) is 18.5 Å². The van der Waals surface area contributed by atoms with Crippen molar-refractivity contribution in [1.82, 2.24) is 10.3 Å². The molecule has 0 saturated carbocycles. The van der Waals surface area contributed by atoms with E-state index in [9.17, 15) is 13.2 Å². The maximum Gasteiger partial charge on any atom is 0.405 e. The molecule has 0 radical (unpaired) electrons. The minimum Gasteiger partial charge on any atom is -0.396 e. The number of pyridine rings is 1. The molecule has 1 aliphatic rings. The minimum atomic E-state index is -4.24. The summed E-state index contributed by atoms with van der Waals surface area (Å²) in [4.78, 5) is 5.45. The number of aromatic nitrogens is 1. The highest BCUT2D eigenvalue weighted by atomic mass is 19.4. The number of alkyl halides is 3. The van der Waals surface area contributed by atoms with Gasteiger partial charge in [0.15, 0.2) is 0 Å². The van der Waals surface area contributed by atoms with Gasteiger partial charge < -0.3 is 16.0 Å². The molecule has 1 atom stereocenters. The van der Waals surface area contributed by atoms with E-state index in [-0.39, 0.29) is 13.1 Å². The van der Waals surface area contributed by atoms with E-state index in [1.807, 2.05) is 13.8 Å². The first-order chi connectivity index (χ1) is 8.98. The molecule has 0 bridgehead atoms. The van der Waals surface area contributed by atoms with Gasteiger partial charge in [0.05, 0.1) is 17.6 Å². The Balaban J connectivity index is 0.000000861. The lowest BCUT2D eigenvalue weighted by molar-refractivity contribution is -0.155. The van der Waals surface area contributed by atoms with E-state index >= 15 is 0 Å². The monoisotopic (exact) mass is 276 g/mol. The van der Waals surface area contributed by atoms with Gasteiger partial charge in [0.25, 0.3) is 0 Å². The maximum atomic E-state index is 12.6. The first-order valence-electron chi connectivity index (χ1n) is 6.23. The number of nitrogens with one attached hydrogen (secondary N) is 1. The predicted octanol–water partition coefficient (Wildman–Crippen LogP) is 2.03. The summed E-state index contributed by atoms with van der Waals surface area (Å²) in [6.45, 7) is 4.66. The zero-order valence-electron chi connectivity index (χ0n) is 11.0. The van der Waals surface area contributed by atoms with Crippen molar-refractivity contribution in [2.75, 3.05) is 30.3 Å². The van der Waals surface area contributed by atoms with Gasteiger partial charge in [-0.05, 0) is 6.07 Å². The summed E-state index contributed by atoms with van der Waals surface area (Å²) < 4.78 is 37.8. The fraction of sp³-hybridized carbons (Fsp3) is 0.583. The molecule has 108 valence electrons. The maximum absolute atomic E-state index is 12.6. The Morgan fingerprint density at radius 1 is 1.42 bits per heavy atom. The Morgan fingerprint density at radius 3 is 2.68 bits per heavy atom. The molecule has 0 spiro atoms. The number of piperazine rings is 1. The average molecular weight is 276 g/mol. The van der Waals surface area contributed by atoms with Crippen LogP contribution in [-0.2, 0) is 0 Å². The normalized spacial score (nSPS) is 19.6. The van der Waals surface area contributed by atoms with Gasteiger partial charge in [-0.2, -0.15) is 13.2 Å². The zero-order valence-corrected chi connectivity index (χ0v) is 11.0. The minimum absolute atomic E-state index is 0.127. The second-order valence-electron chi connectivity index (χ2n) is 3.93. The molecule has 1 fully saturated rings. The van der Waals surface area contributed by atoms with E-state index in [2.05, 4.69) is 10.3 Å². The highest BCUT2D eigenvalue weighted by Crippen LogP contribution is 2.27. The number of hydrogen-bond acceptors (Lipinski definition) is 4. The molecule has 2 rings (SSSR count). The van der Waals surface area contributed by atoms with Crippen molar-refractivity contribution in [2.45, 2.75) is 26.1 Å². The van der Waals surface area contributed by atoms with Crippen LogP contribution in [0.3, 0.4) is 0 Å². The summed E-state index contributed by atoms with van der Waals surface area (Å²) in [5.74, 6) is 0. The van der Waals surface area contributed by atoms with Crippen LogP contribution in [0.15, 0.2) is 18.5 Å². The van der Waals surface area contributed by atoms with Gasteiger partial charge in [0.1, 0.15) is 6.04 Å². The Hall–Kier alpha value is -1.50. The first kappa shape index (κ1) is 15.6. The quantitative estimate of drug-likeness (QED) is 0.824. The number of hydrogen-bond donors (Lipinski definition) is 2. The summed E-state index contributed by atoms with van der Waals surface area (Å²) in [5, 5.41) is 2.46. The average Bonchev–Trinajstić information content (AvgIpc) is 2.41. The van der Waals surface area contributed by atoms with Gasteiger partial charge in [-0.15, -0.1) is 0 Å². The standard InChI is InChI=1S/C10H13F3N4.C2H6/c11-10(12,13)9-6-17(4-3-16-9)8-1-2-15-5-7(8)14;1-2/h1-2,5,9,16H,3-4,6,14H2;1-2H3. The molecule has 7 heteroatoms. The van der Waals surface area contributed by atoms with Crippen LogP contribution in [0.4, 0.5) is 24.5 Å². The lowest BCUT2D eigenvalue weighted by atomic mass is 10.2. The van der Waals surface area contributed by atoms with Crippen LogP contribution in [0.1, 0.15) is 13.8 Å². The summed E-state index contributed by atoms with van der Waals surface area (Å²) in [5.41, 5.74) is 6.71. The van der Waals surface area contributed by atoms with Crippen molar-refractivity contribution < 1.29 is 13.2 Å². The molecular formula is C12H19F3N4. The van der Waals surface area contributed by atoms with Crippen LogP contribution >= 0.6 is 0 Å². The molecule has 0 aliphatic carbocycles. The van der Waals surface area contributed by atoms with Gasteiger partial charge in [0, 0.05) is 25.8 Å². The molecule has 1 unspecified atom stereocenters. The molecule has 1 aromatic rings. The smallest absolute Gasteiger partial charge is 0.396 e. The van der Waals surface area contributed by atoms with E-state index in [1.165, 1.54) is 12.4 Å². The van der Waals surface area contributed by atoms with E-state index < -0.39 is 12.2 Å². The number of nitrogens with two attached hydrogens (primary N) is 1. The Labute approximate surface area is 110 Å². The summed E-state index contributed by atoms with van der Waals surface area (Å²) in [7, 11) is 0. The Kier molecular flexibility index (Phi) is 5.41. The molecular weight excluding hydrogens is 257 g/mol. The van der Waals surface area contributed by atoms with E-state index in [0.29, 0.717) is 17.9 Å². The van der Waals surface area contributed by atoms with Gasteiger partial charge >= 0.3 is 6.18 Å². The highest BCUT2D eigenvalue weighted by Gasteiger charge is 2.42. The van der Waals surface area contributed by atoms with Crippen LogP contribution < -0.4 is 16.0 Å². The van der Waals surface area contributed by atoms with Crippen molar-refractivity contribution in [2.24, 2.45) is 0 Å². The number of nitrogens with zero attached hydrogens (tertiary/aromatic N) is 2. The third-order valence-electron chi connectivity index (χ3n) is 2.74. The van der Waals surface area contributed by atoms with E-state index in [4.69, 9.17) is 5.73 Å². The van der Waals surface area contributed by atoms with Crippen molar-refractivity contribution >= 4 is 11.4 Å². The topological polar surface area (TPSA) is 54.2 Å². The number of nitrogen functional groups attached to an aromatic ring is 1. The third kappa shape index (κ3) is 3.99.